The standard InChI is InChI=1S/C59H61FN14O5/c1-73-27-21-59(22-28-73,68-47-14-8-13-44(51(47)60)55(76)64-46-20-32-79-49-16-6-4-12-42(46)49)57-65-52(69-71-57)37-17-26-62-40(33-37)36-74-29-23-58(24-30-74,56-66-53(70-72-56)43-18-25-61-35-50(43)77-2)67-39-10-7-9-38(34-39)54(75)63-45-19-31-78-48-15-5-3-11-41(45)48/h3-18,25-26,33-35,45-46,67-68H,19-24,27-32,36H2,1-2H3,(H,63,75)(H,64,76)(H,65,69,71)(H,66,70,72)/t45-,46-/m0/s1. The number of halogens is 1. The van der Waals surface area contributed by atoms with E-state index in [1.807, 2.05) is 91.0 Å². The number of carbonyl (C=O) groups is 2. The number of hydrogen-bond acceptors (Lipinski definition) is 15. The Hall–Kier alpha value is -8.75. The van der Waals surface area contributed by atoms with Gasteiger partial charge in [0.2, 0.25) is 0 Å². The van der Waals surface area contributed by atoms with Crippen molar-refractivity contribution >= 4 is 23.2 Å². The number of ether oxygens (including phenoxy) is 3. The molecule has 6 N–H and O–H groups in total. The fourth-order valence-corrected chi connectivity index (χ4v) is 11.3. The number of likely N-dealkylation sites (tertiary alicyclic amines) is 2. The summed E-state index contributed by atoms with van der Waals surface area (Å²) in [5, 5.41) is 29.5. The van der Waals surface area contributed by atoms with E-state index in [4.69, 9.17) is 34.3 Å². The molecule has 2 amide bonds. The van der Waals surface area contributed by atoms with Gasteiger partial charge < -0.3 is 40.4 Å². The Morgan fingerprint density at radius 3 is 2.09 bits per heavy atom. The summed E-state index contributed by atoms with van der Waals surface area (Å²) in [4.78, 5) is 51.4. The third-order valence-electron chi connectivity index (χ3n) is 15.8. The maximum atomic E-state index is 16.6. The van der Waals surface area contributed by atoms with Crippen LogP contribution in [-0.4, -0.2) is 115 Å². The lowest BCUT2D eigenvalue weighted by atomic mass is 9.86. The number of benzene rings is 4. The number of nitrogens with one attached hydrogen (secondary N) is 6. The van der Waals surface area contributed by atoms with E-state index in [1.165, 1.54) is 6.07 Å². The lowest BCUT2D eigenvalue weighted by molar-refractivity contribution is 0.0913. The predicted octanol–water partition coefficient (Wildman–Crippen LogP) is 8.34. The Balaban J connectivity index is 0.756. The first-order valence-corrected chi connectivity index (χ1v) is 26.8. The topological polar surface area (TPSA) is 225 Å². The number of amides is 2. The smallest absolute Gasteiger partial charge is 0.254 e. The number of H-pyrrole nitrogens is 2. The van der Waals surface area contributed by atoms with Crippen LogP contribution in [0.5, 0.6) is 17.2 Å². The average molecular weight is 1070 g/mol. The molecule has 4 aliphatic heterocycles. The van der Waals surface area contributed by atoms with E-state index >= 15 is 4.39 Å². The quantitative estimate of drug-likeness (QED) is 0.0568. The summed E-state index contributed by atoms with van der Waals surface area (Å²) in [6, 6.07) is 33.1. The van der Waals surface area contributed by atoms with Gasteiger partial charge in [0.1, 0.15) is 17.2 Å². The Kier molecular flexibility index (Phi) is 14.2. The summed E-state index contributed by atoms with van der Waals surface area (Å²) in [5.74, 6) is 2.97. The fraction of sp³-hybridized carbons (Fsp3) is 0.322. The second-order valence-corrected chi connectivity index (χ2v) is 20.8. The number of nitrogens with zero attached hydrogens (tertiary/aromatic N) is 8. The highest BCUT2D eigenvalue weighted by Crippen LogP contribution is 2.40. The molecule has 20 heteroatoms. The van der Waals surface area contributed by atoms with Crippen molar-refractivity contribution in [1.82, 2.24) is 60.8 Å². The van der Waals surface area contributed by atoms with Crippen LogP contribution >= 0.6 is 0 Å². The zero-order valence-electron chi connectivity index (χ0n) is 44.0. The van der Waals surface area contributed by atoms with Crippen molar-refractivity contribution in [1.29, 1.82) is 0 Å². The first kappa shape index (κ1) is 51.0. The fourth-order valence-electron chi connectivity index (χ4n) is 11.3. The van der Waals surface area contributed by atoms with E-state index in [-0.39, 0.29) is 29.2 Å². The van der Waals surface area contributed by atoms with Gasteiger partial charge in [-0.1, -0.05) is 48.5 Å². The van der Waals surface area contributed by atoms with Gasteiger partial charge in [0.05, 0.1) is 72.2 Å². The van der Waals surface area contributed by atoms with Crippen molar-refractivity contribution in [3.05, 3.63) is 173 Å². The first-order chi connectivity index (χ1) is 38.6. The molecule has 0 aliphatic carbocycles. The van der Waals surface area contributed by atoms with Crippen molar-refractivity contribution in [2.24, 2.45) is 0 Å². The zero-order valence-corrected chi connectivity index (χ0v) is 44.0. The lowest BCUT2D eigenvalue weighted by Gasteiger charge is -2.41. The van der Waals surface area contributed by atoms with Crippen LogP contribution in [0.15, 0.2) is 128 Å². The monoisotopic (exact) mass is 1060 g/mol. The highest BCUT2D eigenvalue weighted by atomic mass is 19.1. The maximum Gasteiger partial charge on any atom is 0.254 e. The van der Waals surface area contributed by atoms with E-state index < -0.39 is 22.8 Å². The minimum absolute atomic E-state index is 0.0472. The molecule has 79 heavy (non-hydrogen) atoms. The normalized spacial score (nSPS) is 18.7. The zero-order chi connectivity index (χ0) is 53.9. The predicted molar refractivity (Wildman–Crippen MR) is 294 cm³/mol. The largest absolute Gasteiger partial charge is 0.494 e. The number of aromatic nitrogens is 8. The number of anilines is 2. The third kappa shape index (κ3) is 10.6. The van der Waals surface area contributed by atoms with Crippen LogP contribution in [0.1, 0.15) is 99.8 Å². The SMILES string of the molecule is COc1cnccc1-c1n[nH]c(C2(Nc3cccc(C(=O)N[C@H]4CCOc5ccccc54)c3)CCN(Cc3cc(-c4n[nH]c(C5(Nc6cccc(C(=O)N[C@H]7CCOc8ccccc87)c6F)CCN(C)CC5)n4)ccn3)CC2)n1. The minimum atomic E-state index is -0.808. The Labute approximate surface area is 456 Å². The van der Waals surface area contributed by atoms with Gasteiger partial charge in [-0.15, -0.1) is 0 Å². The van der Waals surface area contributed by atoms with E-state index in [0.29, 0.717) is 112 Å². The van der Waals surface area contributed by atoms with Crippen LogP contribution < -0.4 is 35.5 Å². The molecule has 0 bridgehead atoms. The van der Waals surface area contributed by atoms with E-state index in [0.717, 1.165) is 52.7 Å². The Morgan fingerprint density at radius 1 is 0.722 bits per heavy atom. The highest BCUT2D eigenvalue weighted by molar-refractivity contribution is 5.96. The van der Waals surface area contributed by atoms with Crippen LogP contribution in [0, 0.1) is 5.82 Å². The molecule has 0 radical (unpaired) electrons. The number of hydrogen-bond donors (Lipinski definition) is 6. The van der Waals surface area contributed by atoms with Crippen LogP contribution in [0.2, 0.25) is 0 Å². The van der Waals surface area contributed by atoms with Crippen LogP contribution in [0.4, 0.5) is 15.8 Å². The summed E-state index contributed by atoms with van der Waals surface area (Å²) in [7, 11) is 3.66. The first-order valence-electron chi connectivity index (χ1n) is 26.8. The molecule has 8 aromatic rings. The number of methoxy groups -OCH3 is 1. The van der Waals surface area contributed by atoms with Crippen LogP contribution in [-0.2, 0) is 17.6 Å². The molecule has 2 atom stereocenters. The molecule has 2 fully saturated rings. The van der Waals surface area contributed by atoms with Gasteiger partial charge in [0.25, 0.3) is 11.8 Å². The Bertz CT molecular complexity index is 3500. The summed E-state index contributed by atoms with van der Waals surface area (Å²) in [5.41, 5.74) is 4.13. The maximum absolute atomic E-state index is 16.6. The number of rotatable bonds is 15. The summed E-state index contributed by atoms with van der Waals surface area (Å²) < 4.78 is 33.9. The van der Waals surface area contributed by atoms with Gasteiger partial charge in [0.15, 0.2) is 29.1 Å². The third-order valence-corrected chi connectivity index (χ3v) is 15.8. The van der Waals surface area contributed by atoms with Crippen LogP contribution in [0.3, 0.4) is 0 Å². The van der Waals surface area contributed by atoms with Gasteiger partial charge in [-0.3, -0.25) is 34.7 Å². The van der Waals surface area contributed by atoms with E-state index in [2.05, 4.69) is 58.4 Å². The molecule has 0 saturated carbocycles. The molecule has 8 heterocycles. The van der Waals surface area contributed by atoms with Gasteiger partial charge in [-0.25, -0.2) is 14.4 Å². The average Bonchev–Trinajstić information content (AvgIpc) is 4.24. The second-order valence-electron chi connectivity index (χ2n) is 20.8. The van der Waals surface area contributed by atoms with Crippen molar-refractivity contribution in [3.8, 4) is 40.0 Å². The summed E-state index contributed by atoms with van der Waals surface area (Å²) >= 11 is 0. The van der Waals surface area contributed by atoms with Gasteiger partial charge in [-0.2, -0.15) is 10.2 Å². The molecule has 0 spiro atoms. The molecule has 4 aliphatic rings. The second kappa shape index (κ2) is 21.9. The van der Waals surface area contributed by atoms with Gasteiger partial charge in [-0.05, 0) is 93.4 Å². The van der Waals surface area contributed by atoms with Gasteiger partial charge >= 0.3 is 0 Å². The molecular formula is C59H61FN14O5. The summed E-state index contributed by atoms with van der Waals surface area (Å²) in [6.45, 7) is 4.34. The highest BCUT2D eigenvalue weighted by Gasteiger charge is 2.42. The molecule has 4 aromatic heterocycles. The lowest BCUT2D eigenvalue weighted by Crippen LogP contribution is -2.47. The molecule has 404 valence electrons. The number of piperidine rings is 2. The molecular weight excluding hydrogens is 1000 g/mol. The van der Waals surface area contributed by atoms with Crippen molar-refractivity contribution in [2.75, 3.05) is 64.2 Å². The van der Waals surface area contributed by atoms with Crippen molar-refractivity contribution in [2.45, 2.75) is 68.2 Å². The number of fused-ring (bicyclic) bond motifs is 2. The van der Waals surface area contributed by atoms with E-state index in [9.17, 15) is 9.59 Å². The summed E-state index contributed by atoms with van der Waals surface area (Å²) in [6.07, 6.45) is 8.85. The van der Waals surface area contributed by atoms with Crippen LogP contribution in [0.25, 0.3) is 22.8 Å². The number of pyridine rings is 2. The molecule has 2 saturated heterocycles. The van der Waals surface area contributed by atoms with Gasteiger partial charge in [0, 0.05) is 85.9 Å². The van der Waals surface area contributed by atoms with Crippen molar-refractivity contribution < 1.29 is 28.2 Å². The number of para-hydroxylation sites is 2. The molecule has 0 unspecified atom stereocenters. The minimum Gasteiger partial charge on any atom is -0.494 e. The van der Waals surface area contributed by atoms with Crippen molar-refractivity contribution in [3.63, 3.8) is 0 Å². The Morgan fingerprint density at radius 2 is 1.37 bits per heavy atom. The molecule has 4 aromatic carbocycles. The molecule has 12 rings (SSSR count). The number of aromatic amines is 2. The number of carbonyl (C=O) groups excluding carboxylic acids is 2. The van der Waals surface area contributed by atoms with E-state index in [1.54, 1.807) is 37.8 Å². The molecule has 19 nitrogen and oxygen atoms in total.